The summed E-state index contributed by atoms with van der Waals surface area (Å²) in [5.41, 5.74) is 17.9. The zero-order valence-corrected chi connectivity index (χ0v) is 28.9. The summed E-state index contributed by atoms with van der Waals surface area (Å²) in [6.07, 6.45) is 11.3. The van der Waals surface area contributed by atoms with Crippen LogP contribution in [-0.2, 0) is 5.41 Å². The molecule has 0 fully saturated rings. The van der Waals surface area contributed by atoms with Crippen molar-refractivity contribution < 1.29 is 0 Å². The van der Waals surface area contributed by atoms with Gasteiger partial charge in [0.25, 0.3) is 0 Å². The molecule has 4 heteroatoms. The highest BCUT2D eigenvalue weighted by Crippen LogP contribution is 2.50. The second-order valence-corrected chi connectivity index (χ2v) is 14.6. The standard InChI is InChI=1S/C47H36B2N2/c1-47(2)43-18-10-9-17-41(43)42-30-45-46(31-44(42)47)50-26-12-11-24-49(50)51-32-37(23-25-48(45)51)40-28-38(34-15-7-4-8-16-34)27-39(29-40)36-21-19-35(20-22-36)33-13-5-3-6-14-33/h3-32H,1-2H3. The lowest BCUT2D eigenvalue weighted by Crippen LogP contribution is -2.64. The lowest BCUT2D eigenvalue weighted by atomic mass is 9.42. The highest BCUT2D eigenvalue weighted by molar-refractivity contribution is 6.90. The highest BCUT2D eigenvalue weighted by Gasteiger charge is 2.45. The van der Waals surface area contributed by atoms with Crippen LogP contribution in [0.3, 0.4) is 0 Å². The minimum absolute atomic E-state index is 0.0399. The lowest BCUT2D eigenvalue weighted by molar-refractivity contribution is 0.660. The van der Waals surface area contributed by atoms with Crippen molar-refractivity contribution in [2.75, 3.05) is 4.81 Å². The first-order chi connectivity index (χ1) is 25.0. The molecule has 0 bridgehead atoms. The fourth-order valence-electron chi connectivity index (χ4n) is 8.66. The van der Waals surface area contributed by atoms with E-state index < -0.39 is 0 Å². The Morgan fingerprint density at radius 2 is 1.12 bits per heavy atom. The molecule has 0 aromatic heterocycles. The van der Waals surface area contributed by atoms with E-state index in [9.17, 15) is 0 Å². The second-order valence-electron chi connectivity index (χ2n) is 14.6. The fourth-order valence-corrected chi connectivity index (χ4v) is 8.66. The number of rotatable bonds is 4. The molecule has 0 atom stereocenters. The van der Waals surface area contributed by atoms with E-state index in [-0.39, 0.29) is 19.2 Å². The fraction of sp³-hybridized carbons (Fsp3) is 0.0638. The van der Waals surface area contributed by atoms with Gasteiger partial charge in [0, 0.05) is 11.1 Å². The summed E-state index contributed by atoms with van der Waals surface area (Å²) in [7, 11) is 0. The van der Waals surface area contributed by atoms with Crippen LogP contribution >= 0.6 is 0 Å². The third kappa shape index (κ3) is 4.81. The lowest BCUT2D eigenvalue weighted by Gasteiger charge is -2.46. The predicted octanol–water partition coefficient (Wildman–Crippen LogP) is 10.6. The molecular formula is C47H36B2N2. The molecular weight excluding hydrogens is 614 g/mol. The number of fused-ring (bicyclic) bond motifs is 9. The number of allylic oxidation sites excluding steroid dienone is 4. The maximum atomic E-state index is 2.54. The van der Waals surface area contributed by atoms with Gasteiger partial charge in [-0.3, -0.25) is 0 Å². The van der Waals surface area contributed by atoms with Gasteiger partial charge in [0.05, 0.1) is 0 Å². The van der Waals surface area contributed by atoms with Gasteiger partial charge in [-0.05, 0) is 115 Å². The van der Waals surface area contributed by atoms with Crippen molar-refractivity contribution >= 4 is 30.6 Å². The van der Waals surface area contributed by atoms with Gasteiger partial charge in [-0.1, -0.05) is 153 Å². The normalized spacial score (nSPS) is 15.9. The van der Waals surface area contributed by atoms with Crippen LogP contribution in [0.2, 0.25) is 0 Å². The van der Waals surface area contributed by atoms with E-state index in [1.807, 2.05) is 0 Å². The van der Waals surface area contributed by atoms with Crippen molar-refractivity contribution in [3.8, 4) is 44.5 Å². The maximum Gasteiger partial charge on any atom is 0.395 e. The average molecular weight is 650 g/mol. The average Bonchev–Trinajstić information content (AvgIpc) is 3.43. The Morgan fingerprint density at radius 3 is 1.84 bits per heavy atom. The second kappa shape index (κ2) is 11.5. The van der Waals surface area contributed by atoms with E-state index in [2.05, 4.69) is 205 Å². The quantitative estimate of drug-likeness (QED) is 0.175. The molecule has 3 heterocycles. The van der Waals surface area contributed by atoms with Gasteiger partial charge in [0.15, 0.2) is 0 Å². The summed E-state index contributed by atoms with van der Waals surface area (Å²) in [6, 6.07) is 51.3. The Kier molecular flexibility index (Phi) is 6.76. The molecule has 240 valence electrons. The van der Waals surface area contributed by atoms with Crippen LogP contribution in [-0.4, -0.2) is 18.6 Å². The Labute approximate surface area is 301 Å². The summed E-state index contributed by atoms with van der Waals surface area (Å²) in [4.78, 5) is 2.46. The molecule has 0 N–H and O–H groups in total. The number of hydrogen-bond acceptors (Lipinski definition) is 2. The van der Waals surface area contributed by atoms with Gasteiger partial charge in [-0.15, -0.1) is 0 Å². The van der Waals surface area contributed by atoms with E-state index in [1.54, 1.807) is 0 Å². The summed E-state index contributed by atoms with van der Waals surface area (Å²) in [5.74, 6) is 4.75. The molecule has 2 nitrogen and oxygen atoms in total. The van der Waals surface area contributed by atoms with Crippen molar-refractivity contribution in [1.29, 1.82) is 0 Å². The van der Waals surface area contributed by atoms with Crippen molar-refractivity contribution in [1.82, 2.24) is 4.72 Å². The zero-order chi connectivity index (χ0) is 34.1. The molecule has 0 radical (unpaired) electrons. The van der Waals surface area contributed by atoms with Crippen molar-refractivity contribution in [3.05, 3.63) is 199 Å². The van der Waals surface area contributed by atoms with E-state index >= 15 is 0 Å². The van der Waals surface area contributed by atoms with Gasteiger partial charge >= 0.3 is 13.8 Å². The molecule has 1 aliphatic carbocycles. The number of anilines is 1. The third-order valence-electron chi connectivity index (χ3n) is 11.3. The molecule has 10 rings (SSSR count). The highest BCUT2D eigenvalue weighted by atomic mass is 15.2. The van der Waals surface area contributed by atoms with Crippen LogP contribution in [0.4, 0.5) is 5.69 Å². The topological polar surface area (TPSA) is 6.48 Å². The zero-order valence-electron chi connectivity index (χ0n) is 28.9. The van der Waals surface area contributed by atoms with Crippen LogP contribution in [0.25, 0.3) is 50.1 Å². The van der Waals surface area contributed by atoms with Crippen LogP contribution in [0.15, 0.2) is 182 Å². The van der Waals surface area contributed by atoms with Gasteiger partial charge < -0.3 is 9.53 Å². The number of nitrogens with zero attached hydrogens (tertiary/aromatic N) is 2. The van der Waals surface area contributed by atoms with Gasteiger partial charge in [-0.2, -0.15) is 0 Å². The van der Waals surface area contributed by atoms with Gasteiger partial charge in [-0.25, -0.2) is 0 Å². The van der Waals surface area contributed by atoms with Crippen LogP contribution in [0, 0.1) is 0 Å². The molecule has 0 saturated carbocycles. The van der Waals surface area contributed by atoms with Crippen LogP contribution < -0.4 is 10.3 Å². The first-order valence-electron chi connectivity index (χ1n) is 18.0. The monoisotopic (exact) mass is 650 g/mol. The molecule has 6 aromatic rings. The molecule has 0 amide bonds. The van der Waals surface area contributed by atoms with Crippen molar-refractivity contribution in [2.24, 2.45) is 0 Å². The van der Waals surface area contributed by atoms with E-state index in [4.69, 9.17) is 0 Å². The molecule has 0 saturated heterocycles. The summed E-state index contributed by atoms with van der Waals surface area (Å²) < 4.78 is 2.54. The number of benzene rings is 6. The Balaban J connectivity index is 1.08. The Hall–Kier alpha value is -5.99. The van der Waals surface area contributed by atoms with Crippen molar-refractivity contribution in [3.63, 3.8) is 0 Å². The molecule has 3 aliphatic heterocycles. The van der Waals surface area contributed by atoms with Crippen LogP contribution in [0.5, 0.6) is 0 Å². The predicted molar refractivity (Wildman–Crippen MR) is 218 cm³/mol. The van der Waals surface area contributed by atoms with Crippen molar-refractivity contribution in [2.45, 2.75) is 19.3 Å². The summed E-state index contributed by atoms with van der Waals surface area (Å²) >= 11 is 0. The summed E-state index contributed by atoms with van der Waals surface area (Å²) in [6.45, 7) is 4.95. The molecule has 4 aliphatic rings. The first kappa shape index (κ1) is 29.9. The van der Waals surface area contributed by atoms with E-state index in [0.717, 1.165) is 0 Å². The molecule has 0 spiro atoms. The van der Waals surface area contributed by atoms with E-state index in [0.29, 0.717) is 0 Å². The Morgan fingerprint density at radius 1 is 0.510 bits per heavy atom. The largest absolute Gasteiger partial charge is 0.436 e. The Bertz CT molecular complexity index is 2460. The minimum atomic E-state index is -0.0399. The molecule has 0 unspecified atom stereocenters. The smallest absolute Gasteiger partial charge is 0.395 e. The van der Waals surface area contributed by atoms with E-state index in [1.165, 1.54) is 77.9 Å². The molecule has 51 heavy (non-hydrogen) atoms. The number of hydrogen-bond donors (Lipinski definition) is 0. The van der Waals surface area contributed by atoms with Gasteiger partial charge in [0.1, 0.15) is 0 Å². The minimum Gasteiger partial charge on any atom is -0.436 e. The molecule has 6 aromatic carbocycles. The SMILES string of the molecule is CC1(C)c2ccccc2-c2cc3c(cc21)N1C=CC=CB1N1C=C(c2cc(-c4ccccc4)cc(-c4ccc(-c5ccccc5)cc4)c2)C=CB31. The van der Waals surface area contributed by atoms with Crippen LogP contribution in [0.1, 0.15) is 30.5 Å². The third-order valence-corrected chi connectivity index (χ3v) is 11.3. The maximum absolute atomic E-state index is 2.54. The van der Waals surface area contributed by atoms with Gasteiger partial charge in [0.2, 0.25) is 0 Å². The summed E-state index contributed by atoms with van der Waals surface area (Å²) in [5, 5.41) is 0. The first-order valence-corrected chi connectivity index (χ1v) is 18.0.